The van der Waals surface area contributed by atoms with Gasteiger partial charge in [0.25, 0.3) is 5.91 Å². The largest absolute Gasteiger partial charge is 0.495 e. The molecule has 0 heterocycles. The molecule has 0 saturated heterocycles. The lowest BCUT2D eigenvalue weighted by Gasteiger charge is -2.11. The molecule has 0 aromatic heterocycles. The Balaban J connectivity index is 1.84. The molecule has 7 heteroatoms. The predicted molar refractivity (Wildman–Crippen MR) is 97.7 cm³/mol. The van der Waals surface area contributed by atoms with Crippen molar-refractivity contribution in [2.75, 3.05) is 19.0 Å². The molecule has 2 N–H and O–H groups in total. The van der Waals surface area contributed by atoms with E-state index < -0.39 is 0 Å². The maximum absolute atomic E-state index is 12.0. The second-order valence-corrected chi connectivity index (χ2v) is 6.26. The third-order valence-electron chi connectivity index (χ3n) is 3.18. The van der Waals surface area contributed by atoms with Crippen molar-refractivity contribution < 1.29 is 14.3 Å². The summed E-state index contributed by atoms with van der Waals surface area (Å²) in [6.07, 6.45) is 0.137. The van der Waals surface area contributed by atoms with Crippen LogP contribution in [0.15, 0.2) is 46.9 Å². The second-order valence-electron chi connectivity index (χ2n) is 4.91. The van der Waals surface area contributed by atoms with Gasteiger partial charge in [0.2, 0.25) is 5.91 Å². The summed E-state index contributed by atoms with van der Waals surface area (Å²) in [5, 5.41) is 5.92. The molecular weight excluding hydrogens is 396 g/mol. The number of anilines is 1. The molecular formula is C17H16BrClN2O3. The standard InChI is InChI=1S/C17H16BrClN2O3/c1-24-15-7-6-13(19)10-14(15)21-16(22)8-9-20-17(23)11-2-4-12(18)5-3-11/h2-7,10H,8-9H2,1H3,(H,20,23)(H,21,22). The lowest BCUT2D eigenvalue weighted by atomic mass is 10.2. The van der Waals surface area contributed by atoms with Gasteiger partial charge in [0.05, 0.1) is 12.8 Å². The number of halogens is 2. The molecule has 5 nitrogen and oxygen atoms in total. The zero-order valence-electron chi connectivity index (χ0n) is 12.9. The van der Waals surface area contributed by atoms with Gasteiger partial charge in [-0.1, -0.05) is 27.5 Å². The number of carbonyl (C=O) groups excluding carboxylic acids is 2. The Labute approximate surface area is 153 Å². The summed E-state index contributed by atoms with van der Waals surface area (Å²) >= 11 is 9.23. The maximum atomic E-state index is 12.0. The Morgan fingerprint density at radius 1 is 1.17 bits per heavy atom. The first-order valence-electron chi connectivity index (χ1n) is 7.17. The number of rotatable bonds is 6. The Bertz CT molecular complexity index is 735. The highest BCUT2D eigenvalue weighted by Gasteiger charge is 2.10. The van der Waals surface area contributed by atoms with Crippen LogP contribution < -0.4 is 15.4 Å². The molecule has 0 atom stereocenters. The van der Waals surface area contributed by atoms with Gasteiger partial charge in [-0.3, -0.25) is 9.59 Å². The van der Waals surface area contributed by atoms with Gasteiger partial charge in [-0.15, -0.1) is 0 Å². The van der Waals surface area contributed by atoms with E-state index in [9.17, 15) is 9.59 Å². The number of ether oxygens (including phenoxy) is 1. The molecule has 0 aliphatic heterocycles. The van der Waals surface area contributed by atoms with Crippen molar-refractivity contribution in [3.63, 3.8) is 0 Å². The monoisotopic (exact) mass is 410 g/mol. The second kappa shape index (κ2) is 8.70. The third kappa shape index (κ3) is 5.25. The van der Waals surface area contributed by atoms with Crippen LogP contribution in [0, 0.1) is 0 Å². The van der Waals surface area contributed by atoms with Crippen LogP contribution >= 0.6 is 27.5 Å². The molecule has 2 amide bonds. The zero-order valence-corrected chi connectivity index (χ0v) is 15.3. The van der Waals surface area contributed by atoms with Crippen molar-refractivity contribution in [2.45, 2.75) is 6.42 Å². The van der Waals surface area contributed by atoms with Crippen molar-refractivity contribution in [2.24, 2.45) is 0 Å². The van der Waals surface area contributed by atoms with Crippen molar-refractivity contribution in [1.82, 2.24) is 5.32 Å². The van der Waals surface area contributed by atoms with E-state index >= 15 is 0 Å². The van der Waals surface area contributed by atoms with Gasteiger partial charge in [0.1, 0.15) is 5.75 Å². The van der Waals surface area contributed by atoms with E-state index in [-0.39, 0.29) is 24.8 Å². The van der Waals surface area contributed by atoms with Crippen molar-refractivity contribution in [1.29, 1.82) is 0 Å². The Hall–Kier alpha value is -2.05. The SMILES string of the molecule is COc1ccc(Cl)cc1NC(=O)CCNC(=O)c1ccc(Br)cc1. The quantitative estimate of drug-likeness (QED) is 0.758. The molecule has 126 valence electrons. The van der Waals surface area contributed by atoms with E-state index in [1.54, 1.807) is 42.5 Å². The molecule has 0 fully saturated rings. The van der Waals surface area contributed by atoms with Gasteiger partial charge in [0.15, 0.2) is 0 Å². The van der Waals surface area contributed by atoms with Gasteiger partial charge in [-0.2, -0.15) is 0 Å². The fourth-order valence-electron chi connectivity index (χ4n) is 1.98. The van der Waals surface area contributed by atoms with Gasteiger partial charge < -0.3 is 15.4 Å². The van der Waals surface area contributed by atoms with Crippen molar-refractivity contribution >= 4 is 45.0 Å². The summed E-state index contributed by atoms with van der Waals surface area (Å²) in [7, 11) is 1.51. The van der Waals surface area contributed by atoms with Gasteiger partial charge in [-0.05, 0) is 42.5 Å². The Morgan fingerprint density at radius 3 is 2.54 bits per heavy atom. The van der Waals surface area contributed by atoms with Gasteiger partial charge in [0, 0.05) is 28.0 Å². The molecule has 0 radical (unpaired) electrons. The van der Waals surface area contributed by atoms with Crippen LogP contribution in [0.1, 0.15) is 16.8 Å². The summed E-state index contributed by atoms with van der Waals surface area (Å²) < 4.78 is 6.06. The Kier molecular flexibility index (Phi) is 6.63. The summed E-state index contributed by atoms with van der Waals surface area (Å²) in [5.41, 5.74) is 1.03. The summed E-state index contributed by atoms with van der Waals surface area (Å²) in [6.45, 7) is 0.226. The van der Waals surface area contributed by atoms with Crippen molar-refractivity contribution in [3.05, 3.63) is 57.5 Å². The summed E-state index contributed by atoms with van der Waals surface area (Å²) in [5.74, 6) is 0.0500. The Morgan fingerprint density at radius 2 is 1.88 bits per heavy atom. The fraction of sp³-hybridized carbons (Fsp3) is 0.176. The highest BCUT2D eigenvalue weighted by atomic mass is 79.9. The van der Waals surface area contributed by atoms with Gasteiger partial charge in [-0.25, -0.2) is 0 Å². The maximum Gasteiger partial charge on any atom is 0.251 e. The fourth-order valence-corrected chi connectivity index (χ4v) is 2.42. The van der Waals surface area contributed by atoms with Crippen LogP contribution in [0.3, 0.4) is 0 Å². The normalized spacial score (nSPS) is 10.1. The van der Waals surface area contributed by atoms with Crippen LogP contribution in [0.5, 0.6) is 5.75 Å². The average Bonchev–Trinajstić information content (AvgIpc) is 2.55. The number of hydrogen-bond donors (Lipinski definition) is 2. The van der Waals surface area contributed by atoms with Crippen LogP contribution in [-0.4, -0.2) is 25.5 Å². The molecule has 0 saturated carbocycles. The van der Waals surface area contributed by atoms with Gasteiger partial charge >= 0.3 is 0 Å². The molecule has 2 aromatic rings. The average molecular weight is 412 g/mol. The lowest BCUT2D eigenvalue weighted by molar-refractivity contribution is -0.116. The molecule has 0 spiro atoms. The van der Waals surface area contributed by atoms with Crippen LogP contribution in [0.2, 0.25) is 5.02 Å². The molecule has 0 unspecified atom stereocenters. The van der Waals surface area contributed by atoms with E-state index in [2.05, 4.69) is 26.6 Å². The minimum absolute atomic E-state index is 0.137. The summed E-state index contributed by atoms with van der Waals surface area (Å²) in [4.78, 5) is 23.9. The van der Waals surface area contributed by atoms with Crippen LogP contribution in [0.4, 0.5) is 5.69 Å². The highest BCUT2D eigenvalue weighted by molar-refractivity contribution is 9.10. The molecule has 0 aliphatic rings. The number of amides is 2. The van der Waals surface area contributed by atoms with E-state index in [1.165, 1.54) is 7.11 Å². The van der Waals surface area contributed by atoms with Crippen molar-refractivity contribution in [3.8, 4) is 5.75 Å². The molecule has 0 aliphatic carbocycles. The zero-order chi connectivity index (χ0) is 17.5. The summed E-state index contributed by atoms with van der Waals surface area (Å²) in [6, 6.07) is 11.9. The number of carbonyl (C=O) groups is 2. The molecule has 2 aromatic carbocycles. The molecule has 24 heavy (non-hydrogen) atoms. The van der Waals surface area contributed by atoms with E-state index in [4.69, 9.17) is 16.3 Å². The van der Waals surface area contributed by atoms with E-state index in [0.717, 1.165) is 4.47 Å². The van der Waals surface area contributed by atoms with E-state index in [1.807, 2.05) is 0 Å². The minimum atomic E-state index is -0.244. The molecule has 0 bridgehead atoms. The first-order valence-corrected chi connectivity index (χ1v) is 8.34. The number of nitrogens with one attached hydrogen (secondary N) is 2. The third-order valence-corrected chi connectivity index (χ3v) is 3.94. The topological polar surface area (TPSA) is 67.4 Å². The predicted octanol–water partition coefficient (Wildman–Crippen LogP) is 3.87. The number of methoxy groups -OCH3 is 1. The van der Waals surface area contributed by atoms with E-state index in [0.29, 0.717) is 22.0 Å². The van der Waals surface area contributed by atoms with Crippen LogP contribution in [-0.2, 0) is 4.79 Å². The first kappa shape index (κ1) is 18.3. The molecule has 2 rings (SSSR count). The lowest BCUT2D eigenvalue weighted by Crippen LogP contribution is -2.27. The highest BCUT2D eigenvalue weighted by Crippen LogP contribution is 2.27. The first-order chi connectivity index (χ1) is 11.5. The minimum Gasteiger partial charge on any atom is -0.495 e. The number of hydrogen-bond acceptors (Lipinski definition) is 3. The van der Waals surface area contributed by atoms with Crippen LogP contribution in [0.25, 0.3) is 0 Å². The smallest absolute Gasteiger partial charge is 0.251 e. The number of benzene rings is 2.